The van der Waals surface area contributed by atoms with E-state index in [0.717, 1.165) is 18.2 Å². The minimum atomic E-state index is -0.800. The molecule has 1 aliphatic heterocycles. The van der Waals surface area contributed by atoms with E-state index in [0.29, 0.717) is 30.3 Å². The molecule has 3 aromatic rings. The minimum Gasteiger partial charge on any atom is -0.477 e. The fraction of sp³-hybridized carbons (Fsp3) is 0.381. The quantitative estimate of drug-likeness (QED) is 0.624. The summed E-state index contributed by atoms with van der Waals surface area (Å²) < 4.78 is 19.0. The van der Waals surface area contributed by atoms with Crippen LogP contribution in [-0.2, 0) is 0 Å². The van der Waals surface area contributed by atoms with Crippen LogP contribution < -0.4 is 10.1 Å². The first-order valence-corrected chi connectivity index (χ1v) is 9.83. The molecule has 1 fully saturated rings. The Bertz CT molecular complexity index is 1010. The van der Waals surface area contributed by atoms with Crippen LogP contribution >= 0.6 is 0 Å². The summed E-state index contributed by atoms with van der Waals surface area (Å²) in [7, 11) is 0. The van der Waals surface area contributed by atoms with Crippen LogP contribution in [0.25, 0.3) is 5.69 Å². The highest BCUT2D eigenvalue weighted by Crippen LogP contribution is 2.35. The lowest BCUT2D eigenvalue weighted by molar-refractivity contribution is 0.0558. The number of Topliss-reactive ketones (excluding diaryl/α,β-unsaturated/α-hetero) is 1. The summed E-state index contributed by atoms with van der Waals surface area (Å²) in [6.45, 7) is 4.62. The van der Waals surface area contributed by atoms with Crippen molar-refractivity contribution >= 4 is 5.78 Å². The first-order chi connectivity index (χ1) is 14.5. The van der Waals surface area contributed by atoms with Gasteiger partial charge in [0.05, 0.1) is 17.3 Å². The molecule has 30 heavy (non-hydrogen) atoms. The van der Waals surface area contributed by atoms with Crippen LogP contribution in [0.1, 0.15) is 35.7 Å². The van der Waals surface area contributed by atoms with E-state index in [1.54, 1.807) is 0 Å². The zero-order valence-corrected chi connectivity index (χ0v) is 16.9. The Balaban J connectivity index is 1.68. The average molecular weight is 410 g/mol. The van der Waals surface area contributed by atoms with E-state index in [1.807, 2.05) is 25.1 Å². The van der Waals surface area contributed by atoms with Gasteiger partial charge in [0.15, 0.2) is 12.1 Å². The second kappa shape index (κ2) is 8.27. The van der Waals surface area contributed by atoms with Crippen LogP contribution in [0.4, 0.5) is 4.39 Å². The van der Waals surface area contributed by atoms with Gasteiger partial charge in [-0.05, 0) is 50.1 Å². The fourth-order valence-corrected chi connectivity index (χ4v) is 3.66. The summed E-state index contributed by atoms with van der Waals surface area (Å²) in [4.78, 5) is 19.2. The van der Waals surface area contributed by atoms with Gasteiger partial charge in [0.2, 0.25) is 5.88 Å². The molecule has 4 rings (SSSR count). The molecule has 9 heteroatoms. The Kier molecular flexibility index (Phi) is 5.54. The number of benzene rings is 1. The van der Waals surface area contributed by atoms with Crippen molar-refractivity contribution in [3.8, 4) is 11.6 Å². The number of pyridine rings is 1. The fourth-order valence-electron chi connectivity index (χ4n) is 3.66. The third-order valence-corrected chi connectivity index (χ3v) is 5.48. The van der Waals surface area contributed by atoms with Crippen molar-refractivity contribution in [3.05, 3.63) is 59.8 Å². The third-order valence-electron chi connectivity index (χ3n) is 5.48. The Labute approximate surface area is 173 Å². The predicted octanol–water partition coefficient (Wildman–Crippen LogP) is 2.52. The lowest BCUT2D eigenvalue weighted by Crippen LogP contribution is -2.52. The van der Waals surface area contributed by atoms with Crippen molar-refractivity contribution in [2.24, 2.45) is 5.41 Å². The molecule has 0 unspecified atom stereocenters. The molecule has 1 aliphatic rings. The number of tetrazole rings is 1. The summed E-state index contributed by atoms with van der Waals surface area (Å²) in [5, 5.41) is 15.2. The van der Waals surface area contributed by atoms with Crippen LogP contribution in [0.15, 0.2) is 42.9 Å². The maximum Gasteiger partial charge on any atom is 0.213 e. The van der Waals surface area contributed by atoms with Crippen molar-refractivity contribution in [3.63, 3.8) is 0 Å². The van der Waals surface area contributed by atoms with E-state index in [9.17, 15) is 9.18 Å². The SMILES string of the molecule is Cc1ccc(-n2ncnn2)c(C(=O)[C@]2(COc3ccc(F)cn3)CC[C@@H](C)NC2)c1. The molecule has 0 amide bonds. The number of rotatable bonds is 6. The van der Waals surface area contributed by atoms with Gasteiger partial charge in [-0.3, -0.25) is 4.79 Å². The topological polar surface area (TPSA) is 94.8 Å². The molecule has 0 spiro atoms. The van der Waals surface area contributed by atoms with E-state index in [1.165, 1.54) is 23.3 Å². The first-order valence-electron chi connectivity index (χ1n) is 9.83. The van der Waals surface area contributed by atoms with Gasteiger partial charge in [-0.25, -0.2) is 9.37 Å². The Morgan fingerprint density at radius 2 is 2.23 bits per heavy atom. The molecule has 1 aromatic carbocycles. The van der Waals surface area contributed by atoms with Crippen LogP contribution in [-0.4, -0.2) is 50.2 Å². The van der Waals surface area contributed by atoms with Gasteiger partial charge in [0.1, 0.15) is 12.4 Å². The van der Waals surface area contributed by atoms with Crippen LogP contribution in [0.3, 0.4) is 0 Å². The Hall–Kier alpha value is -3.20. The summed E-state index contributed by atoms with van der Waals surface area (Å²) in [5.74, 6) is -0.212. The maximum absolute atomic E-state index is 13.9. The van der Waals surface area contributed by atoms with Crippen molar-refractivity contribution < 1.29 is 13.9 Å². The van der Waals surface area contributed by atoms with E-state index >= 15 is 0 Å². The zero-order valence-electron chi connectivity index (χ0n) is 16.9. The highest BCUT2D eigenvalue weighted by molar-refractivity contribution is 6.04. The molecule has 1 saturated heterocycles. The van der Waals surface area contributed by atoms with Gasteiger partial charge in [-0.15, -0.1) is 15.0 Å². The molecule has 2 aromatic heterocycles. The number of ketones is 1. The lowest BCUT2D eigenvalue weighted by Gasteiger charge is -2.38. The largest absolute Gasteiger partial charge is 0.477 e. The smallest absolute Gasteiger partial charge is 0.213 e. The van der Waals surface area contributed by atoms with Crippen molar-refractivity contribution in [2.45, 2.75) is 32.7 Å². The Morgan fingerprint density at radius 1 is 1.37 bits per heavy atom. The van der Waals surface area contributed by atoms with Gasteiger partial charge in [-0.2, -0.15) is 0 Å². The molecule has 0 bridgehead atoms. The van der Waals surface area contributed by atoms with Crippen LogP contribution in [0, 0.1) is 18.2 Å². The van der Waals surface area contributed by atoms with Crippen molar-refractivity contribution in [1.82, 2.24) is 30.5 Å². The number of carbonyl (C=O) groups is 1. The van der Waals surface area contributed by atoms with Gasteiger partial charge in [0.25, 0.3) is 0 Å². The van der Waals surface area contributed by atoms with Gasteiger partial charge in [0, 0.05) is 24.2 Å². The number of aryl methyl sites for hydroxylation is 1. The number of carbonyl (C=O) groups excluding carboxylic acids is 1. The number of hydrogen-bond donors (Lipinski definition) is 1. The van der Waals surface area contributed by atoms with Crippen LogP contribution in [0.2, 0.25) is 0 Å². The van der Waals surface area contributed by atoms with Gasteiger partial charge >= 0.3 is 0 Å². The summed E-state index contributed by atoms with van der Waals surface area (Å²) in [6, 6.07) is 8.62. The molecule has 0 aliphatic carbocycles. The molecule has 0 radical (unpaired) electrons. The summed E-state index contributed by atoms with van der Waals surface area (Å²) >= 11 is 0. The molecule has 3 heterocycles. The number of halogens is 1. The standard InChI is InChI=1S/C21H23FN6O2/c1-14-3-5-18(28-26-13-25-27-28)17(9-14)20(29)21(8-7-15(2)24-11-21)12-30-19-6-4-16(22)10-23-19/h3-6,9-10,13,15,24H,7-8,11-12H2,1-2H3/t15-,21-/m1/s1. The minimum absolute atomic E-state index is 0.0555. The van der Waals surface area contributed by atoms with E-state index in [-0.39, 0.29) is 18.3 Å². The number of ether oxygens (including phenoxy) is 1. The molecule has 8 nitrogen and oxygen atoms in total. The number of aromatic nitrogens is 5. The molecule has 0 saturated carbocycles. The maximum atomic E-state index is 13.9. The summed E-state index contributed by atoms with van der Waals surface area (Å²) in [5.41, 5.74) is 1.24. The molecule has 156 valence electrons. The third kappa shape index (κ3) is 4.06. The van der Waals surface area contributed by atoms with Crippen LogP contribution in [0.5, 0.6) is 5.88 Å². The monoisotopic (exact) mass is 410 g/mol. The lowest BCUT2D eigenvalue weighted by atomic mass is 9.73. The Morgan fingerprint density at radius 3 is 2.90 bits per heavy atom. The number of nitrogens with one attached hydrogen (secondary N) is 1. The number of piperidine rings is 1. The molecular formula is C21H23FN6O2. The second-order valence-corrected chi connectivity index (χ2v) is 7.78. The molecule has 1 N–H and O–H groups in total. The normalized spacial score (nSPS) is 21.4. The number of hydrogen-bond acceptors (Lipinski definition) is 7. The first kappa shape index (κ1) is 20.1. The van der Waals surface area contributed by atoms with E-state index < -0.39 is 11.2 Å². The summed E-state index contributed by atoms with van der Waals surface area (Å²) in [6.07, 6.45) is 3.91. The highest BCUT2D eigenvalue weighted by atomic mass is 19.1. The zero-order chi connectivity index (χ0) is 21.1. The van der Waals surface area contributed by atoms with Gasteiger partial charge in [-0.1, -0.05) is 11.6 Å². The number of nitrogens with zero attached hydrogens (tertiary/aromatic N) is 5. The second-order valence-electron chi connectivity index (χ2n) is 7.78. The van der Waals surface area contributed by atoms with Gasteiger partial charge < -0.3 is 10.1 Å². The molecule has 2 atom stereocenters. The van der Waals surface area contributed by atoms with E-state index in [4.69, 9.17) is 4.74 Å². The van der Waals surface area contributed by atoms with E-state index in [2.05, 4.69) is 32.6 Å². The van der Waals surface area contributed by atoms with Crippen molar-refractivity contribution in [1.29, 1.82) is 0 Å². The average Bonchev–Trinajstić information content (AvgIpc) is 3.29. The molecular weight excluding hydrogens is 387 g/mol. The highest BCUT2D eigenvalue weighted by Gasteiger charge is 2.43. The van der Waals surface area contributed by atoms with Crippen molar-refractivity contribution in [2.75, 3.05) is 13.2 Å². The predicted molar refractivity (Wildman–Crippen MR) is 107 cm³/mol.